The summed E-state index contributed by atoms with van der Waals surface area (Å²) in [5.74, 6) is -1.15. The van der Waals surface area contributed by atoms with Crippen molar-refractivity contribution in [3.05, 3.63) is 11.6 Å². The standard InChI is InChI=1S/C8H9NO2S/c1-5(2)7(12)3-6(4-9)8(10)11/h3,5H,1-2H3,(H,10,11). The summed E-state index contributed by atoms with van der Waals surface area (Å²) < 4.78 is 0. The topological polar surface area (TPSA) is 61.1 Å². The average molecular weight is 183 g/mol. The number of rotatable bonds is 3. The van der Waals surface area contributed by atoms with Gasteiger partial charge in [0, 0.05) is 4.86 Å². The lowest BCUT2D eigenvalue weighted by Crippen LogP contribution is -2.05. The van der Waals surface area contributed by atoms with Crippen LogP contribution in [0.4, 0.5) is 0 Å². The Kier molecular flexibility index (Phi) is 4.16. The van der Waals surface area contributed by atoms with Crippen LogP contribution in [0.2, 0.25) is 0 Å². The summed E-state index contributed by atoms with van der Waals surface area (Å²) in [6.45, 7) is 3.69. The van der Waals surface area contributed by atoms with Gasteiger partial charge in [0.05, 0.1) is 0 Å². The first-order valence-corrected chi connectivity index (χ1v) is 3.78. The highest BCUT2D eigenvalue weighted by atomic mass is 32.1. The largest absolute Gasteiger partial charge is 0.477 e. The first-order chi connectivity index (χ1) is 5.49. The molecule has 12 heavy (non-hydrogen) atoms. The van der Waals surface area contributed by atoms with Crippen molar-refractivity contribution in [3.63, 3.8) is 0 Å². The molecule has 4 heteroatoms. The SMILES string of the molecule is CC(C)C(=S)C=C(C#N)C(=O)O. The first-order valence-electron chi connectivity index (χ1n) is 3.38. The van der Waals surface area contributed by atoms with Crippen molar-refractivity contribution in [2.24, 2.45) is 5.92 Å². The molecule has 0 aliphatic carbocycles. The number of allylic oxidation sites excluding steroid dienone is 1. The van der Waals surface area contributed by atoms with Crippen LogP contribution in [0.15, 0.2) is 11.6 Å². The van der Waals surface area contributed by atoms with Gasteiger partial charge in [-0.1, -0.05) is 26.1 Å². The molecule has 0 rings (SSSR count). The minimum Gasteiger partial charge on any atom is -0.477 e. The highest BCUT2D eigenvalue weighted by molar-refractivity contribution is 7.80. The molecule has 1 N–H and O–H groups in total. The number of carboxylic acid groups (broad SMARTS) is 1. The van der Waals surface area contributed by atoms with Crippen molar-refractivity contribution >= 4 is 23.1 Å². The molecule has 0 bridgehead atoms. The molecule has 64 valence electrons. The number of carboxylic acids is 1. The molecule has 0 saturated heterocycles. The lowest BCUT2D eigenvalue weighted by Gasteiger charge is -2.00. The van der Waals surface area contributed by atoms with E-state index in [0.717, 1.165) is 0 Å². The zero-order valence-electron chi connectivity index (χ0n) is 6.87. The number of aliphatic carboxylic acids is 1. The van der Waals surface area contributed by atoms with E-state index in [9.17, 15) is 4.79 Å². The summed E-state index contributed by atoms with van der Waals surface area (Å²) in [5, 5.41) is 16.8. The summed E-state index contributed by atoms with van der Waals surface area (Å²) in [5.41, 5.74) is -0.311. The fourth-order valence-corrected chi connectivity index (χ4v) is 0.569. The number of nitrogens with zero attached hydrogens (tertiary/aromatic N) is 1. The molecule has 0 atom stereocenters. The smallest absolute Gasteiger partial charge is 0.346 e. The maximum absolute atomic E-state index is 10.3. The summed E-state index contributed by atoms with van der Waals surface area (Å²) >= 11 is 4.85. The molecule has 0 unspecified atom stereocenters. The molecule has 0 aromatic rings. The van der Waals surface area contributed by atoms with E-state index in [1.807, 2.05) is 13.8 Å². The zero-order valence-corrected chi connectivity index (χ0v) is 7.68. The van der Waals surface area contributed by atoms with Crippen LogP contribution in [-0.4, -0.2) is 15.9 Å². The van der Waals surface area contributed by atoms with E-state index in [1.54, 1.807) is 6.07 Å². The Morgan fingerprint density at radius 1 is 1.67 bits per heavy atom. The van der Waals surface area contributed by atoms with Crippen LogP contribution in [0.5, 0.6) is 0 Å². The van der Waals surface area contributed by atoms with E-state index < -0.39 is 5.97 Å². The molecule has 0 fully saturated rings. The Hall–Kier alpha value is -1.21. The van der Waals surface area contributed by atoms with Crippen molar-refractivity contribution in [1.82, 2.24) is 0 Å². The molecule has 0 aromatic heterocycles. The van der Waals surface area contributed by atoms with Gasteiger partial charge in [0.1, 0.15) is 11.6 Å². The molecular weight excluding hydrogens is 174 g/mol. The van der Waals surface area contributed by atoms with Gasteiger partial charge in [-0.15, -0.1) is 0 Å². The number of hydrogen-bond acceptors (Lipinski definition) is 3. The third kappa shape index (κ3) is 3.26. The first kappa shape index (κ1) is 10.8. The fraction of sp³-hybridized carbons (Fsp3) is 0.375. The van der Waals surface area contributed by atoms with Crippen LogP contribution in [0.3, 0.4) is 0 Å². The van der Waals surface area contributed by atoms with Crippen LogP contribution >= 0.6 is 12.2 Å². The Morgan fingerprint density at radius 2 is 2.17 bits per heavy atom. The predicted molar refractivity (Wildman–Crippen MR) is 48.8 cm³/mol. The van der Waals surface area contributed by atoms with E-state index in [0.29, 0.717) is 4.86 Å². The molecule has 0 aromatic carbocycles. The maximum Gasteiger partial charge on any atom is 0.346 e. The van der Waals surface area contributed by atoms with Gasteiger partial charge in [0.15, 0.2) is 0 Å². The highest BCUT2D eigenvalue weighted by Gasteiger charge is 2.08. The number of carbonyl (C=O) groups is 1. The molecule has 0 heterocycles. The average Bonchev–Trinajstić information content (AvgIpc) is 1.98. The predicted octanol–water partition coefficient (Wildman–Crippen LogP) is 1.55. The van der Waals surface area contributed by atoms with Gasteiger partial charge in [0.2, 0.25) is 0 Å². The van der Waals surface area contributed by atoms with E-state index >= 15 is 0 Å². The van der Waals surface area contributed by atoms with E-state index in [2.05, 4.69) is 0 Å². The maximum atomic E-state index is 10.3. The molecule has 0 saturated carbocycles. The van der Waals surface area contributed by atoms with Crippen molar-refractivity contribution in [3.8, 4) is 6.07 Å². The Balaban J connectivity index is 4.65. The Labute approximate surface area is 76.3 Å². The minimum absolute atomic E-state index is 0.0858. The number of nitriles is 1. The number of thiocarbonyl (C=S) groups is 1. The number of hydrogen-bond donors (Lipinski definition) is 1. The van der Waals surface area contributed by atoms with Gasteiger partial charge in [0.25, 0.3) is 0 Å². The summed E-state index contributed by atoms with van der Waals surface area (Å²) in [6, 6.07) is 1.56. The van der Waals surface area contributed by atoms with Gasteiger partial charge in [-0.3, -0.25) is 0 Å². The second-order valence-electron chi connectivity index (χ2n) is 2.53. The van der Waals surface area contributed by atoms with Crippen molar-refractivity contribution in [2.45, 2.75) is 13.8 Å². The van der Waals surface area contributed by atoms with Gasteiger partial charge in [-0.2, -0.15) is 5.26 Å². The minimum atomic E-state index is -1.24. The molecule has 0 amide bonds. The van der Waals surface area contributed by atoms with Crippen LogP contribution < -0.4 is 0 Å². The third-order valence-electron chi connectivity index (χ3n) is 1.21. The lowest BCUT2D eigenvalue weighted by molar-refractivity contribution is -0.132. The van der Waals surface area contributed by atoms with Gasteiger partial charge < -0.3 is 5.11 Å². The summed E-state index contributed by atoms with van der Waals surface area (Å²) in [4.78, 5) is 10.8. The van der Waals surface area contributed by atoms with E-state index in [-0.39, 0.29) is 11.5 Å². The van der Waals surface area contributed by atoms with Crippen molar-refractivity contribution < 1.29 is 9.90 Å². The molecule has 0 aliphatic heterocycles. The van der Waals surface area contributed by atoms with E-state index in [4.69, 9.17) is 22.6 Å². The summed E-state index contributed by atoms with van der Waals surface area (Å²) in [6.07, 6.45) is 1.22. The summed E-state index contributed by atoms with van der Waals surface area (Å²) in [7, 11) is 0. The lowest BCUT2D eigenvalue weighted by atomic mass is 10.1. The highest BCUT2D eigenvalue weighted by Crippen LogP contribution is 2.02. The monoisotopic (exact) mass is 183 g/mol. The van der Waals surface area contributed by atoms with Crippen LogP contribution in [0, 0.1) is 17.2 Å². The van der Waals surface area contributed by atoms with Crippen LogP contribution in [0.1, 0.15) is 13.8 Å². The van der Waals surface area contributed by atoms with Crippen molar-refractivity contribution in [2.75, 3.05) is 0 Å². The molecule has 0 aliphatic rings. The molecule has 0 radical (unpaired) electrons. The third-order valence-corrected chi connectivity index (χ3v) is 1.80. The normalized spacial score (nSPS) is 11.0. The molecule has 3 nitrogen and oxygen atoms in total. The van der Waals surface area contributed by atoms with Gasteiger partial charge in [-0.05, 0) is 12.0 Å². The fourth-order valence-electron chi connectivity index (χ4n) is 0.451. The molecular formula is C8H9NO2S. The Morgan fingerprint density at radius 3 is 2.42 bits per heavy atom. The van der Waals surface area contributed by atoms with Crippen LogP contribution in [0.25, 0.3) is 0 Å². The quantitative estimate of drug-likeness (QED) is 0.409. The van der Waals surface area contributed by atoms with Gasteiger partial charge in [-0.25, -0.2) is 4.79 Å². The van der Waals surface area contributed by atoms with Crippen molar-refractivity contribution in [1.29, 1.82) is 5.26 Å². The second-order valence-corrected chi connectivity index (χ2v) is 3.00. The van der Waals surface area contributed by atoms with Gasteiger partial charge >= 0.3 is 5.97 Å². The Bertz CT molecular complexity index is 273. The molecule has 0 spiro atoms. The van der Waals surface area contributed by atoms with E-state index in [1.165, 1.54) is 6.08 Å². The zero-order chi connectivity index (χ0) is 9.72. The second kappa shape index (κ2) is 4.62. The van der Waals surface area contributed by atoms with Crippen LogP contribution in [-0.2, 0) is 4.79 Å².